The van der Waals surface area contributed by atoms with Crippen LogP contribution in [0.1, 0.15) is 79.7 Å². The van der Waals surface area contributed by atoms with Crippen molar-refractivity contribution in [2.75, 3.05) is 19.7 Å². The molecular weight excluding hydrogens is 538 g/mol. The average molecular weight is 580 g/mol. The summed E-state index contributed by atoms with van der Waals surface area (Å²) in [6.07, 6.45) is 6.81. The van der Waals surface area contributed by atoms with Crippen LogP contribution in [0, 0.1) is 12.8 Å². The van der Waals surface area contributed by atoms with Crippen molar-refractivity contribution in [1.82, 2.24) is 25.1 Å². The lowest BCUT2D eigenvalue weighted by Gasteiger charge is -2.40. The summed E-state index contributed by atoms with van der Waals surface area (Å²) in [5.74, 6) is -1.18. The number of aromatic carboxylic acids is 1. The van der Waals surface area contributed by atoms with Crippen molar-refractivity contribution in [2.24, 2.45) is 13.0 Å². The molecule has 3 amide bonds. The number of ether oxygens (including phenoxy) is 1. The van der Waals surface area contributed by atoms with Crippen LogP contribution in [0.3, 0.4) is 0 Å². The highest BCUT2D eigenvalue weighted by atomic mass is 16.5. The number of aromatic nitrogens is 2. The largest absolute Gasteiger partial charge is 0.476 e. The summed E-state index contributed by atoms with van der Waals surface area (Å²) in [4.78, 5) is 45.0. The number of para-hydroxylation sites is 1. The molecule has 226 valence electrons. The van der Waals surface area contributed by atoms with Gasteiger partial charge in [-0.05, 0) is 43.7 Å². The van der Waals surface area contributed by atoms with E-state index in [4.69, 9.17) is 9.15 Å². The summed E-state index contributed by atoms with van der Waals surface area (Å²) in [5, 5.41) is 16.6. The standard InChI is InChI=1S/C31H41N5O6/c1-19(2)15-23(33-30(40)36-13-14-41-31(18-36)11-7-8-12-31)27(37)32-24(28-34-26(29(38)39)20(3)42-28)16-21-17-35(4)25-10-6-5-9-22(21)25/h5-6,9-10,17,19,23-24H,7-8,11-16,18H2,1-4H3,(H,32,37)(H,33,40)(H,38,39). The maximum atomic E-state index is 13.9. The van der Waals surface area contributed by atoms with Crippen molar-refractivity contribution in [2.45, 2.75) is 77.0 Å². The number of hydrogen-bond acceptors (Lipinski definition) is 6. The van der Waals surface area contributed by atoms with E-state index in [0.29, 0.717) is 32.5 Å². The molecule has 42 heavy (non-hydrogen) atoms. The molecule has 3 N–H and O–H groups in total. The lowest BCUT2D eigenvalue weighted by atomic mass is 9.99. The SMILES string of the molecule is Cc1oc(C(Cc2cn(C)c3ccccc23)NC(=O)C(CC(C)C)NC(=O)N2CCOC3(CCCC3)C2)nc1C(=O)O. The van der Waals surface area contributed by atoms with Crippen molar-refractivity contribution in [1.29, 1.82) is 0 Å². The third-order valence-electron chi connectivity index (χ3n) is 8.41. The van der Waals surface area contributed by atoms with Crippen molar-refractivity contribution in [3.05, 3.63) is 53.4 Å². The van der Waals surface area contributed by atoms with E-state index < -0.39 is 18.1 Å². The number of amides is 3. The number of carboxylic acids is 1. The molecule has 5 rings (SSSR count). The Balaban J connectivity index is 1.39. The Morgan fingerprint density at radius 1 is 1.14 bits per heavy atom. The monoisotopic (exact) mass is 579 g/mol. The number of morpholine rings is 1. The van der Waals surface area contributed by atoms with Gasteiger partial charge in [-0.2, -0.15) is 0 Å². The topological polar surface area (TPSA) is 139 Å². The number of urea groups is 1. The van der Waals surface area contributed by atoms with Gasteiger partial charge in [-0.1, -0.05) is 44.9 Å². The fraction of sp³-hybridized carbons (Fsp3) is 0.548. The van der Waals surface area contributed by atoms with E-state index >= 15 is 0 Å². The smallest absolute Gasteiger partial charge is 0.358 e. The van der Waals surface area contributed by atoms with E-state index in [1.54, 1.807) is 4.90 Å². The molecule has 1 saturated heterocycles. The van der Waals surface area contributed by atoms with Gasteiger partial charge in [0.1, 0.15) is 17.8 Å². The molecule has 3 aromatic rings. The minimum absolute atomic E-state index is 0.108. The molecule has 0 radical (unpaired) electrons. The number of fused-ring (bicyclic) bond motifs is 1. The fourth-order valence-electron chi connectivity index (χ4n) is 6.33. The van der Waals surface area contributed by atoms with Crippen LogP contribution in [-0.4, -0.2) is 68.8 Å². The van der Waals surface area contributed by atoms with Crippen molar-refractivity contribution in [3.63, 3.8) is 0 Å². The first-order valence-electron chi connectivity index (χ1n) is 14.8. The molecular formula is C31H41N5O6. The van der Waals surface area contributed by atoms with E-state index in [9.17, 15) is 19.5 Å². The van der Waals surface area contributed by atoms with Gasteiger partial charge >= 0.3 is 12.0 Å². The predicted octanol–water partition coefficient (Wildman–Crippen LogP) is 4.34. The Labute approximate surface area is 245 Å². The number of carboxylic acid groups (broad SMARTS) is 1. The van der Waals surface area contributed by atoms with Crippen LogP contribution in [0.2, 0.25) is 0 Å². The molecule has 3 heterocycles. The summed E-state index contributed by atoms with van der Waals surface area (Å²) in [5.41, 5.74) is 1.51. The summed E-state index contributed by atoms with van der Waals surface area (Å²) in [6.45, 7) is 7.01. The van der Waals surface area contributed by atoms with E-state index in [-0.39, 0.29) is 40.8 Å². The van der Waals surface area contributed by atoms with E-state index in [1.165, 1.54) is 6.92 Å². The molecule has 1 aliphatic carbocycles. The zero-order valence-corrected chi connectivity index (χ0v) is 24.8. The van der Waals surface area contributed by atoms with E-state index in [2.05, 4.69) is 15.6 Å². The molecule has 2 fully saturated rings. The Morgan fingerprint density at radius 3 is 2.57 bits per heavy atom. The lowest BCUT2D eigenvalue weighted by Crippen LogP contribution is -2.58. The van der Waals surface area contributed by atoms with Gasteiger partial charge in [0.15, 0.2) is 5.69 Å². The zero-order valence-electron chi connectivity index (χ0n) is 24.8. The third-order valence-corrected chi connectivity index (χ3v) is 8.41. The second-order valence-electron chi connectivity index (χ2n) is 12.1. The van der Waals surface area contributed by atoms with Crippen LogP contribution >= 0.6 is 0 Å². The summed E-state index contributed by atoms with van der Waals surface area (Å²) < 4.78 is 13.9. The Morgan fingerprint density at radius 2 is 1.88 bits per heavy atom. The Hall–Kier alpha value is -3.86. The molecule has 1 aromatic carbocycles. The highest BCUT2D eigenvalue weighted by molar-refractivity contribution is 5.88. The summed E-state index contributed by atoms with van der Waals surface area (Å²) in [7, 11) is 1.95. The molecule has 2 atom stereocenters. The Bertz CT molecular complexity index is 1450. The van der Waals surface area contributed by atoms with Crippen LogP contribution in [-0.2, 0) is 23.0 Å². The molecule has 2 aromatic heterocycles. The van der Waals surface area contributed by atoms with Crippen molar-refractivity contribution < 1.29 is 28.6 Å². The van der Waals surface area contributed by atoms with Crippen molar-refractivity contribution in [3.8, 4) is 0 Å². The van der Waals surface area contributed by atoms with E-state index in [1.807, 2.05) is 55.9 Å². The van der Waals surface area contributed by atoms with Gasteiger partial charge in [-0.3, -0.25) is 4.79 Å². The van der Waals surface area contributed by atoms with Gasteiger partial charge in [-0.25, -0.2) is 14.6 Å². The van der Waals surface area contributed by atoms with Crippen LogP contribution in [0.25, 0.3) is 10.9 Å². The first kappa shape index (κ1) is 29.6. The number of nitrogens with zero attached hydrogens (tertiary/aromatic N) is 3. The summed E-state index contributed by atoms with van der Waals surface area (Å²) >= 11 is 0. The molecule has 0 bridgehead atoms. The summed E-state index contributed by atoms with van der Waals surface area (Å²) in [6, 6.07) is 6.10. The second kappa shape index (κ2) is 12.2. The highest BCUT2D eigenvalue weighted by Crippen LogP contribution is 2.36. The Kier molecular flexibility index (Phi) is 8.58. The van der Waals surface area contributed by atoms with Crippen LogP contribution in [0.4, 0.5) is 4.79 Å². The third kappa shape index (κ3) is 6.30. The predicted molar refractivity (Wildman–Crippen MR) is 156 cm³/mol. The van der Waals surface area contributed by atoms with Crippen molar-refractivity contribution >= 4 is 28.8 Å². The number of aryl methyl sites for hydroxylation is 2. The zero-order chi connectivity index (χ0) is 30.0. The molecule has 1 aliphatic heterocycles. The fourth-order valence-corrected chi connectivity index (χ4v) is 6.33. The van der Waals surface area contributed by atoms with Gasteiger partial charge in [0.05, 0.1) is 18.8 Å². The minimum Gasteiger partial charge on any atom is -0.476 e. The van der Waals surface area contributed by atoms with Crippen LogP contribution in [0.5, 0.6) is 0 Å². The number of nitrogens with one attached hydrogen (secondary N) is 2. The number of carbonyl (C=O) groups is 3. The number of carbonyl (C=O) groups excluding carboxylic acids is 2. The van der Waals surface area contributed by atoms with Gasteiger partial charge in [0.25, 0.3) is 0 Å². The second-order valence-corrected chi connectivity index (χ2v) is 12.1. The minimum atomic E-state index is -1.20. The highest BCUT2D eigenvalue weighted by Gasteiger charge is 2.41. The molecule has 1 spiro atoms. The maximum Gasteiger partial charge on any atom is 0.358 e. The van der Waals surface area contributed by atoms with Crippen LogP contribution < -0.4 is 10.6 Å². The van der Waals surface area contributed by atoms with E-state index in [0.717, 1.165) is 42.1 Å². The molecule has 2 unspecified atom stereocenters. The van der Waals surface area contributed by atoms with Gasteiger partial charge in [-0.15, -0.1) is 0 Å². The quantitative estimate of drug-likeness (QED) is 0.343. The molecule has 1 saturated carbocycles. The number of hydrogen-bond donors (Lipinski definition) is 3. The molecule has 11 heteroatoms. The molecule has 11 nitrogen and oxygen atoms in total. The number of rotatable bonds is 9. The number of oxazole rings is 1. The average Bonchev–Trinajstić information content (AvgIpc) is 3.65. The van der Waals surface area contributed by atoms with Gasteiger partial charge in [0, 0.05) is 37.1 Å². The lowest BCUT2D eigenvalue weighted by molar-refractivity contribution is -0.124. The van der Waals surface area contributed by atoms with Crippen LogP contribution in [0.15, 0.2) is 34.9 Å². The first-order chi connectivity index (χ1) is 20.0. The molecule has 2 aliphatic rings. The number of benzene rings is 1. The normalized spacial score (nSPS) is 18.0. The maximum absolute atomic E-state index is 13.9. The van der Waals surface area contributed by atoms with Gasteiger partial charge < -0.3 is 34.4 Å². The van der Waals surface area contributed by atoms with Gasteiger partial charge in [0.2, 0.25) is 11.8 Å². The first-order valence-corrected chi connectivity index (χ1v) is 14.8.